The molecule has 6 rings (SSSR count). The Balaban J connectivity index is 1.29. The van der Waals surface area contributed by atoms with Gasteiger partial charge in [0, 0.05) is 41.8 Å². The van der Waals surface area contributed by atoms with Gasteiger partial charge in [-0.1, -0.05) is 18.2 Å². The number of aryl methyl sites for hydroxylation is 1. The molecule has 0 aliphatic heterocycles. The van der Waals surface area contributed by atoms with E-state index in [4.69, 9.17) is 0 Å². The lowest BCUT2D eigenvalue weighted by atomic mass is 10.0. The highest BCUT2D eigenvalue weighted by Crippen LogP contribution is 2.30. The molecule has 5 aromatic rings. The number of carbonyl (C=O) groups excluding carboxylic acids is 2. The summed E-state index contributed by atoms with van der Waals surface area (Å²) < 4.78 is 17.2. The van der Waals surface area contributed by atoms with Crippen LogP contribution in [0.5, 0.6) is 0 Å². The van der Waals surface area contributed by atoms with E-state index in [9.17, 15) is 14.0 Å². The van der Waals surface area contributed by atoms with Crippen molar-refractivity contribution >= 4 is 48.5 Å². The molecule has 37 heavy (non-hydrogen) atoms. The van der Waals surface area contributed by atoms with Crippen LogP contribution in [0, 0.1) is 11.7 Å². The number of hydrogen-bond acceptors (Lipinski definition) is 4. The summed E-state index contributed by atoms with van der Waals surface area (Å²) in [4.78, 5) is 32.8. The second-order valence-electron chi connectivity index (χ2n) is 9.39. The van der Waals surface area contributed by atoms with Gasteiger partial charge in [-0.2, -0.15) is 4.98 Å². The van der Waals surface area contributed by atoms with Gasteiger partial charge in [-0.3, -0.25) is 14.9 Å². The van der Waals surface area contributed by atoms with Crippen molar-refractivity contribution in [1.82, 2.24) is 24.1 Å². The Morgan fingerprint density at radius 1 is 1.05 bits per heavy atom. The van der Waals surface area contributed by atoms with Crippen LogP contribution >= 0.6 is 0 Å². The highest BCUT2D eigenvalue weighted by molar-refractivity contribution is 6.72. The standard InChI is InChI=1S/C27H24FN6O2Si/c1-33-15-22(26(36)32-37(2)20-5-3-4-19(28)13-20)21-12-17(8-10-23(21)33)18-9-11-24-29-27(31-34(24)14-18)30-25(35)16-6-7-16/h3-5,8-16H,6-7H2,1-2H3,(H,32,36)(H,30,31,35). The number of amides is 2. The van der Waals surface area contributed by atoms with E-state index in [0.29, 0.717) is 17.2 Å². The summed E-state index contributed by atoms with van der Waals surface area (Å²) in [6.07, 6.45) is 5.50. The predicted octanol–water partition coefficient (Wildman–Crippen LogP) is 3.63. The van der Waals surface area contributed by atoms with Crippen LogP contribution < -0.4 is 15.5 Å². The molecule has 10 heteroatoms. The number of benzene rings is 2. The fraction of sp³-hybridized carbons (Fsp3) is 0.185. The monoisotopic (exact) mass is 511 g/mol. The summed E-state index contributed by atoms with van der Waals surface area (Å²) in [7, 11) is 0.420. The van der Waals surface area contributed by atoms with Gasteiger partial charge in [0.1, 0.15) is 5.82 Å². The molecule has 185 valence electrons. The molecular weight excluding hydrogens is 487 g/mol. The average Bonchev–Trinajstić information content (AvgIpc) is 3.59. The molecule has 0 bridgehead atoms. The first-order valence-electron chi connectivity index (χ1n) is 12.0. The minimum Gasteiger partial charge on any atom is -0.374 e. The summed E-state index contributed by atoms with van der Waals surface area (Å²) in [5, 5.41) is 8.81. The highest BCUT2D eigenvalue weighted by Gasteiger charge is 2.30. The molecule has 2 N–H and O–H groups in total. The number of anilines is 1. The van der Waals surface area contributed by atoms with Crippen LogP contribution in [-0.4, -0.2) is 39.9 Å². The topological polar surface area (TPSA) is 93.3 Å². The van der Waals surface area contributed by atoms with Gasteiger partial charge in [0.05, 0.1) is 5.56 Å². The van der Waals surface area contributed by atoms with Crippen molar-refractivity contribution in [3.8, 4) is 11.1 Å². The number of aromatic nitrogens is 4. The Labute approximate surface area is 213 Å². The summed E-state index contributed by atoms with van der Waals surface area (Å²) in [6, 6.07) is 16.1. The van der Waals surface area contributed by atoms with Crippen LogP contribution in [-0.2, 0) is 11.8 Å². The minimum absolute atomic E-state index is 0.0366. The van der Waals surface area contributed by atoms with E-state index < -0.39 is 8.96 Å². The maximum atomic E-state index is 13.7. The van der Waals surface area contributed by atoms with Crippen LogP contribution in [0.25, 0.3) is 27.7 Å². The first-order valence-corrected chi connectivity index (χ1v) is 14.0. The molecule has 3 heterocycles. The lowest BCUT2D eigenvalue weighted by molar-refractivity contribution is -0.117. The molecule has 1 aliphatic rings. The Hall–Kier alpha value is -4.31. The molecule has 0 spiro atoms. The number of fused-ring (bicyclic) bond motifs is 2. The molecule has 8 nitrogen and oxygen atoms in total. The Bertz CT molecular complexity index is 1690. The largest absolute Gasteiger partial charge is 0.374 e. The summed E-state index contributed by atoms with van der Waals surface area (Å²) >= 11 is 0. The van der Waals surface area contributed by atoms with Gasteiger partial charge in [0.25, 0.3) is 0 Å². The van der Waals surface area contributed by atoms with Crippen LogP contribution in [0.1, 0.15) is 23.2 Å². The zero-order valence-corrected chi connectivity index (χ0v) is 21.3. The molecule has 1 fully saturated rings. The van der Waals surface area contributed by atoms with Gasteiger partial charge < -0.3 is 9.55 Å². The second kappa shape index (κ2) is 8.97. The molecule has 0 unspecified atom stereocenters. The fourth-order valence-electron chi connectivity index (χ4n) is 4.45. The molecule has 1 radical (unpaired) electrons. The number of rotatable bonds is 6. The Morgan fingerprint density at radius 3 is 2.65 bits per heavy atom. The van der Waals surface area contributed by atoms with E-state index in [2.05, 4.69) is 20.4 Å². The van der Waals surface area contributed by atoms with Crippen LogP contribution in [0.3, 0.4) is 0 Å². The minimum atomic E-state index is -1.48. The summed E-state index contributed by atoms with van der Waals surface area (Å²) in [6.45, 7) is 1.93. The van der Waals surface area contributed by atoms with Crippen molar-refractivity contribution in [3.63, 3.8) is 0 Å². The average molecular weight is 512 g/mol. The Morgan fingerprint density at radius 2 is 1.86 bits per heavy atom. The number of pyridine rings is 1. The van der Waals surface area contributed by atoms with Crippen molar-refractivity contribution in [2.45, 2.75) is 19.4 Å². The van der Waals surface area contributed by atoms with Crippen molar-refractivity contribution in [2.24, 2.45) is 13.0 Å². The van der Waals surface area contributed by atoms with Gasteiger partial charge in [-0.25, -0.2) is 8.91 Å². The van der Waals surface area contributed by atoms with Crippen molar-refractivity contribution < 1.29 is 14.0 Å². The van der Waals surface area contributed by atoms with Crippen LogP contribution in [0.4, 0.5) is 10.3 Å². The third-order valence-electron chi connectivity index (χ3n) is 6.64. The molecule has 0 atom stereocenters. The van der Waals surface area contributed by atoms with E-state index in [1.54, 1.807) is 10.6 Å². The van der Waals surface area contributed by atoms with Crippen LogP contribution in [0.15, 0.2) is 67.0 Å². The Kier molecular flexibility index (Phi) is 5.60. The molecule has 1 saturated carbocycles. The van der Waals surface area contributed by atoms with Crippen molar-refractivity contribution in [1.29, 1.82) is 0 Å². The first kappa shape index (κ1) is 23.1. The SMILES string of the molecule is Cn1cc(C(=O)N[Si](C)c2cccc(F)c2)c2cc(-c3ccc4nc(NC(=O)C5CC5)nn4c3)ccc21. The van der Waals surface area contributed by atoms with Gasteiger partial charge >= 0.3 is 0 Å². The highest BCUT2D eigenvalue weighted by atomic mass is 28.3. The summed E-state index contributed by atoms with van der Waals surface area (Å²) in [5.41, 5.74) is 3.93. The normalized spacial score (nSPS) is 13.4. The lowest BCUT2D eigenvalue weighted by Gasteiger charge is -2.12. The van der Waals surface area contributed by atoms with Crippen molar-refractivity contribution in [2.75, 3.05) is 5.32 Å². The number of carbonyl (C=O) groups is 2. The maximum Gasteiger partial charge on any atom is 0.249 e. The number of nitrogens with one attached hydrogen (secondary N) is 2. The fourth-order valence-corrected chi connectivity index (χ4v) is 5.77. The third-order valence-corrected chi connectivity index (χ3v) is 8.42. The molecule has 3 aromatic heterocycles. The molecule has 2 amide bonds. The van der Waals surface area contributed by atoms with Gasteiger partial charge in [-0.15, -0.1) is 5.10 Å². The van der Waals surface area contributed by atoms with Gasteiger partial charge in [0.15, 0.2) is 5.65 Å². The molecule has 1 aliphatic carbocycles. The third kappa shape index (κ3) is 4.51. The van der Waals surface area contributed by atoms with E-state index >= 15 is 0 Å². The smallest absolute Gasteiger partial charge is 0.249 e. The van der Waals surface area contributed by atoms with E-state index in [1.165, 1.54) is 12.1 Å². The second-order valence-corrected chi connectivity index (χ2v) is 11.5. The number of nitrogens with zero attached hydrogens (tertiary/aromatic N) is 4. The van der Waals surface area contributed by atoms with E-state index in [-0.39, 0.29) is 23.5 Å². The number of halogens is 1. The maximum absolute atomic E-state index is 13.7. The first-order chi connectivity index (χ1) is 17.9. The lowest BCUT2D eigenvalue weighted by Crippen LogP contribution is -2.45. The van der Waals surface area contributed by atoms with Gasteiger partial charge in [0.2, 0.25) is 26.7 Å². The van der Waals surface area contributed by atoms with E-state index in [0.717, 1.165) is 40.1 Å². The zero-order chi connectivity index (χ0) is 25.7. The molecule has 2 aromatic carbocycles. The van der Waals surface area contributed by atoms with Crippen LogP contribution in [0.2, 0.25) is 6.55 Å². The van der Waals surface area contributed by atoms with Gasteiger partial charge in [-0.05, 0) is 66.5 Å². The summed E-state index contributed by atoms with van der Waals surface area (Å²) in [5.74, 6) is -0.170. The van der Waals surface area contributed by atoms with Crippen molar-refractivity contribution in [3.05, 3.63) is 78.4 Å². The number of hydrogen-bond donors (Lipinski definition) is 2. The zero-order valence-electron chi connectivity index (χ0n) is 20.3. The predicted molar refractivity (Wildman–Crippen MR) is 141 cm³/mol. The molecule has 0 saturated heterocycles. The molecular formula is C27H24FN6O2Si. The quantitative estimate of drug-likeness (QED) is 0.341. The van der Waals surface area contributed by atoms with E-state index in [1.807, 2.05) is 67.0 Å².